The minimum absolute atomic E-state index is 0.347. The number of likely N-dealkylation sites (tertiary alicyclic amines) is 1. The molecule has 4 heteroatoms. The van der Waals surface area contributed by atoms with Crippen LogP contribution in [0.5, 0.6) is 0 Å². The monoisotopic (exact) mass is 276 g/mol. The van der Waals surface area contributed by atoms with Crippen LogP contribution in [-0.2, 0) is 6.54 Å². The first-order valence-corrected chi connectivity index (χ1v) is 7.02. The summed E-state index contributed by atoms with van der Waals surface area (Å²) in [4.78, 5) is 2.44. The summed E-state index contributed by atoms with van der Waals surface area (Å²) in [6.07, 6.45) is 2.33. The van der Waals surface area contributed by atoms with Gasteiger partial charge in [-0.2, -0.15) is 0 Å². The van der Waals surface area contributed by atoms with E-state index in [2.05, 4.69) is 16.1 Å². The summed E-state index contributed by atoms with van der Waals surface area (Å²) in [5, 5.41) is 4.79. The summed E-state index contributed by atoms with van der Waals surface area (Å²) < 4.78 is 5.42. The molecule has 0 aliphatic carbocycles. The van der Waals surface area contributed by atoms with Crippen molar-refractivity contribution in [3.8, 4) is 0 Å². The number of benzene rings is 1. The highest BCUT2D eigenvalue weighted by molar-refractivity contribution is 6.30. The first kappa shape index (κ1) is 12.7. The lowest BCUT2D eigenvalue weighted by Gasteiger charge is -2.22. The number of aryl methyl sites for hydroxylation is 1. The van der Waals surface area contributed by atoms with E-state index in [0.29, 0.717) is 6.04 Å². The number of hydrogen-bond acceptors (Lipinski definition) is 3. The Morgan fingerprint density at radius 3 is 3.05 bits per heavy atom. The number of nitrogens with zero attached hydrogens (tertiary/aromatic N) is 2. The average molecular weight is 277 g/mol. The van der Waals surface area contributed by atoms with Crippen molar-refractivity contribution in [3.05, 3.63) is 52.4 Å². The molecule has 3 rings (SSSR count). The van der Waals surface area contributed by atoms with Gasteiger partial charge >= 0.3 is 0 Å². The molecular formula is C15H17ClN2O. The first-order valence-electron chi connectivity index (χ1n) is 6.64. The molecule has 2 aromatic rings. The molecule has 1 aromatic heterocycles. The Hall–Kier alpha value is -1.32. The number of rotatable bonds is 3. The Kier molecular flexibility index (Phi) is 3.58. The second-order valence-corrected chi connectivity index (χ2v) is 5.57. The van der Waals surface area contributed by atoms with E-state index < -0.39 is 0 Å². The molecule has 1 fully saturated rings. The Morgan fingerprint density at radius 2 is 2.32 bits per heavy atom. The summed E-state index contributed by atoms with van der Waals surface area (Å²) in [7, 11) is 0. The molecule has 3 nitrogen and oxygen atoms in total. The average Bonchev–Trinajstić information content (AvgIpc) is 2.98. The smallest absolute Gasteiger partial charge is 0.154 e. The Balaban J connectivity index is 1.76. The summed E-state index contributed by atoms with van der Waals surface area (Å²) in [6.45, 7) is 3.96. The number of halogens is 1. The maximum atomic E-state index is 6.04. The van der Waals surface area contributed by atoms with Gasteiger partial charge in [0, 0.05) is 17.6 Å². The highest BCUT2D eigenvalue weighted by Gasteiger charge is 2.28. The van der Waals surface area contributed by atoms with Crippen LogP contribution in [-0.4, -0.2) is 16.6 Å². The van der Waals surface area contributed by atoms with Crippen LogP contribution >= 0.6 is 11.6 Å². The lowest BCUT2D eigenvalue weighted by molar-refractivity contribution is 0.206. The van der Waals surface area contributed by atoms with Crippen LogP contribution < -0.4 is 0 Å². The summed E-state index contributed by atoms with van der Waals surface area (Å²) >= 11 is 6.04. The van der Waals surface area contributed by atoms with Crippen LogP contribution in [0.15, 0.2) is 34.9 Å². The Bertz CT molecular complexity index is 567. The van der Waals surface area contributed by atoms with Gasteiger partial charge in [-0.1, -0.05) is 28.9 Å². The van der Waals surface area contributed by atoms with Gasteiger partial charge in [0.05, 0.1) is 11.7 Å². The normalized spacial score (nSPS) is 20.0. The standard InChI is InChI=1S/C15H17ClN2O/c1-11-8-15(19-17-11)14-6-3-7-18(14)10-12-4-2-5-13(16)9-12/h2,4-5,8-9,14H,3,6-7,10H2,1H3/t14-/m1/s1. The van der Waals surface area contributed by atoms with Crippen molar-refractivity contribution >= 4 is 11.6 Å². The van der Waals surface area contributed by atoms with Gasteiger partial charge in [0.15, 0.2) is 5.76 Å². The van der Waals surface area contributed by atoms with E-state index in [-0.39, 0.29) is 0 Å². The molecule has 19 heavy (non-hydrogen) atoms. The molecule has 1 aliphatic rings. The van der Waals surface area contributed by atoms with Crippen LogP contribution in [0, 0.1) is 6.92 Å². The Morgan fingerprint density at radius 1 is 1.42 bits per heavy atom. The topological polar surface area (TPSA) is 29.3 Å². The van der Waals surface area contributed by atoms with Crippen molar-refractivity contribution in [2.75, 3.05) is 6.54 Å². The van der Waals surface area contributed by atoms with Crippen molar-refractivity contribution in [2.45, 2.75) is 32.4 Å². The SMILES string of the molecule is Cc1cc([C@H]2CCCN2Cc2cccc(Cl)c2)on1. The van der Waals surface area contributed by atoms with E-state index in [1.807, 2.05) is 31.2 Å². The van der Waals surface area contributed by atoms with E-state index in [1.165, 1.54) is 12.0 Å². The van der Waals surface area contributed by atoms with Crippen LogP contribution in [0.2, 0.25) is 5.02 Å². The van der Waals surface area contributed by atoms with E-state index in [4.69, 9.17) is 16.1 Å². The second-order valence-electron chi connectivity index (χ2n) is 5.13. The minimum atomic E-state index is 0.347. The quantitative estimate of drug-likeness (QED) is 0.849. The second kappa shape index (κ2) is 5.35. The lowest BCUT2D eigenvalue weighted by atomic mass is 10.1. The lowest BCUT2D eigenvalue weighted by Crippen LogP contribution is -2.22. The maximum absolute atomic E-state index is 6.04. The third-order valence-electron chi connectivity index (χ3n) is 3.61. The third kappa shape index (κ3) is 2.82. The highest BCUT2D eigenvalue weighted by atomic mass is 35.5. The van der Waals surface area contributed by atoms with Gasteiger partial charge in [-0.15, -0.1) is 0 Å². The van der Waals surface area contributed by atoms with E-state index in [1.54, 1.807) is 0 Å². The van der Waals surface area contributed by atoms with E-state index in [9.17, 15) is 0 Å². The van der Waals surface area contributed by atoms with Gasteiger partial charge in [-0.05, 0) is 44.0 Å². The molecule has 0 N–H and O–H groups in total. The predicted molar refractivity (Wildman–Crippen MR) is 75.1 cm³/mol. The molecule has 0 bridgehead atoms. The van der Waals surface area contributed by atoms with Crippen molar-refractivity contribution in [3.63, 3.8) is 0 Å². The van der Waals surface area contributed by atoms with Crippen molar-refractivity contribution in [1.82, 2.24) is 10.1 Å². The molecular weight excluding hydrogens is 260 g/mol. The molecule has 2 heterocycles. The molecule has 1 aliphatic heterocycles. The van der Waals surface area contributed by atoms with Gasteiger partial charge in [0.25, 0.3) is 0 Å². The molecule has 0 saturated carbocycles. The van der Waals surface area contributed by atoms with Crippen LogP contribution in [0.1, 0.15) is 35.9 Å². The minimum Gasteiger partial charge on any atom is -0.359 e. The van der Waals surface area contributed by atoms with Crippen molar-refractivity contribution in [1.29, 1.82) is 0 Å². The van der Waals surface area contributed by atoms with Gasteiger partial charge in [-0.25, -0.2) is 0 Å². The molecule has 100 valence electrons. The highest BCUT2D eigenvalue weighted by Crippen LogP contribution is 2.33. The third-order valence-corrected chi connectivity index (χ3v) is 3.85. The zero-order valence-electron chi connectivity index (χ0n) is 11.0. The first-order chi connectivity index (χ1) is 9.22. The van der Waals surface area contributed by atoms with Crippen molar-refractivity contribution in [2.24, 2.45) is 0 Å². The van der Waals surface area contributed by atoms with Gasteiger partial charge in [0.2, 0.25) is 0 Å². The van der Waals surface area contributed by atoms with E-state index in [0.717, 1.165) is 36.0 Å². The Labute approximate surface area is 118 Å². The summed E-state index contributed by atoms with van der Waals surface area (Å²) in [5.41, 5.74) is 2.19. The zero-order valence-corrected chi connectivity index (χ0v) is 11.7. The largest absolute Gasteiger partial charge is 0.359 e. The predicted octanol–water partition coefficient (Wildman–Crippen LogP) is 3.97. The van der Waals surface area contributed by atoms with E-state index >= 15 is 0 Å². The number of aromatic nitrogens is 1. The van der Waals surface area contributed by atoms with Gasteiger partial charge in [0.1, 0.15) is 0 Å². The van der Waals surface area contributed by atoms with Gasteiger partial charge in [-0.3, -0.25) is 4.90 Å². The van der Waals surface area contributed by atoms with Crippen molar-refractivity contribution < 1.29 is 4.52 Å². The zero-order chi connectivity index (χ0) is 13.2. The number of hydrogen-bond donors (Lipinski definition) is 0. The maximum Gasteiger partial charge on any atom is 0.154 e. The van der Waals surface area contributed by atoms with Crippen LogP contribution in [0.25, 0.3) is 0 Å². The molecule has 0 radical (unpaired) electrons. The fourth-order valence-corrected chi connectivity index (χ4v) is 2.96. The van der Waals surface area contributed by atoms with Crippen LogP contribution in [0.3, 0.4) is 0 Å². The fourth-order valence-electron chi connectivity index (χ4n) is 2.75. The molecule has 1 atom stereocenters. The summed E-state index contributed by atoms with van der Waals surface area (Å²) in [5.74, 6) is 0.983. The fraction of sp³-hybridized carbons (Fsp3) is 0.400. The molecule has 0 amide bonds. The van der Waals surface area contributed by atoms with Crippen LogP contribution in [0.4, 0.5) is 0 Å². The molecule has 1 aromatic carbocycles. The summed E-state index contributed by atoms with van der Waals surface area (Å²) in [6, 6.07) is 10.4. The molecule has 1 saturated heterocycles. The van der Waals surface area contributed by atoms with Gasteiger partial charge < -0.3 is 4.52 Å². The molecule has 0 spiro atoms. The molecule has 0 unspecified atom stereocenters.